The van der Waals surface area contributed by atoms with Gasteiger partial charge in [-0.2, -0.15) is 65.9 Å². The van der Waals surface area contributed by atoms with Gasteiger partial charge in [-0.05, 0) is 36.4 Å². The van der Waals surface area contributed by atoms with Gasteiger partial charge < -0.3 is 14.7 Å². The van der Waals surface area contributed by atoms with Gasteiger partial charge in [0.05, 0.1) is 12.2 Å². The zero-order valence-electron chi connectivity index (χ0n) is 21.6. The Morgan fingerprint density at radius 2 is 1.04 bits per heavy atom. The Bertz CT molecular complexity index is 1470. The molecule has 0 spiro atoms. The van der Waals surface area contributed by atoms with Crippen molar-refractivity contribution in [3.05, 3.63) is 83.9 Å². The van der Waals surface area contributed by atoms with Crippen molar-refractivity contribution in [2.45, 2.75) is 42.4 Å². The molecule has 0 aliphatic heterocycles. The third-order valence-corrected chi connectivity index (χ3v) is 5.77. The minimum Gasteiger partial charge on any atom is -0.457 e. The van der Waals surface area contributed by atoms with Crippen molar-refractivity contribution in [2.75, 3.05) is 11.6 Å². The van der Waals surface area contributed by atoms with Gasteiger partial charge in [0.25, 0.3) is 0 Å². The van der Waals surface area contributed by atoms with Crippen molar-refractivity contribution in [3.63, 3.8) is 0 Å². The molecular weight excluding hydrogens is 659 g/mol. The van der Waals surface area contributed by atoms with Crippen LogP contribution in [0, 0.1) is 0 Å². The summed E-state index contributed by atoms with van der Waals surface area (Å²) >= 11 is 0. The van der Waals surface area contributed by atoms with Crippen molar-refractivity contribution in [1.82, 2.24) is 0 Å². The van der Waals surface area contributed by atoms with Gasteiger partial charge in [0, 0.05) is 17.2 Å². The van der Waals surface area contributed by atoms with E-state index < -0.39 is 83.0 Å². The summed E-state index contributed by atoms with van der Waals surface area (Å²) in [5, 5.41) is 9.72. The summed E-state index contributed by atoms with van der Waals surface area (Å²) in [5.74, 6) is -19.8. The second kappa shape index (κ2) is 12.1. The van der Waals surface area contributed by atoms with E-state index in [0.29, 0.717) is 24.3 Å². The number of ether oxygens (including phenoxy) is 1. The van der Waals surface area contributed by atoms with Crippen molar-refractivity contribution in [2.24, 2.45) is 0 Å². The Kier molecular flexibility index (Phi) is 9.49. The fraction of sp³-hybridized carbons (Fsp3) is 0.308. The Hall–Kier alpha value is -4.03. The van der Waals surface area contributed by atoms with E-state index in [-0.39, 0.29) is 17.2 Å². The van der Waals surface area contributed by atoms with Crippen LogP contribution in [-0.4, -0.2) is 42.2 Å². The van der Waals surface area contributed by atoms with Crippen LogP contribution in [0.15, 0.2) is 72.8 Å². The molecule has 19 heteroatoms. The van der Waals surface area contributed by atoms with Crippen LogP contribution in [0.2, 0.25) is 0 Å². The first-order valence-corrected chi connectivity index (χ1v) is 11.8. The van der Waals surface area contributed by atoms with Crippen LogP contribution in [0.3, 0.4) is 0 Å². The number of aliphatic hydroxyl groups excluding tert-OH is 1. The number of rotatable bonds is 10. The van der Waals surface area contributed by atoms with Gasteiger partial charge in [-0.1, -0.05) is 30.3 Å². The molecule has 1 N–H and O–H groups in total. The Morgan fingerprint density at radius 3 is 1.56 bits per heavy atom. The number of hydroxylamine groups is 1. The molecule has 3 aromatic rings. The van der Waals surface area contributed by atoms with Crippen LogP contribution in [0.25, 0.3) is 0 Å². The molecule has 248 valence electrons. The molecule has 3 aromatic carbocycles. The average molecular weight is 675 g/mol. The number of benzene rings is 3. The van der Waals surface area contributed by atoms with E-state index in [1.54, 1.807) is 0 Å². The van der Waals surface area contributed by atoms with E-state index in [4.69, 9.17) is 9.57 Å². The second-order valence-corrected chi connectivity index (χ2v) is 9.08. The van der Waals surface area contributed by atoms with E-state index in [0.717, 1.165) is 36.4 Å². The van der Waals surface area contributed by atoms with Gasteiger partial charge in [-0.3, -0.25) is 0 Å². The van der Waals surface area contributed by atoms with E-state index in [9.17, 15) is 71.0 Å². The van der Waals surface area contributed by atoms with E-state index >= 15 is 0 Å². The maximum Gasteiger partial charge on any atom is 0.460 e. The molecule has 0 heterocycles. The smallest absolute Gasteiger partial charge is 0.457 e. The zero-order valence-corrected chi connectivity index (χ0v) is 21.6. The van der Waals surface area contributed by atoms with Gasteiger partial charge in [-0.25, -0.2) is 5.06 Å². The van der Waals surface area contributed by atoms with Crippen LogP contribution in [-0.2, 0) is 11.8 Å². The summed E-state index contributed by atoms with van der Waals surface area (Å²) in [7, 11) is 0. The summed E-state index contributed by atoms with van der Waals surface area (Å²) < 4.78 is 204. The molecule has 3 rings (SSSR count). The molecule has 1 unspecified atom stereocenters. The van der Waals surface area contributed by atoms with Gasteiger partial charge in [-0.15, -0.1) is 0 Å². The molecule has 0 fully saturated rings. The molecule has 0 saturated heterocycles. The van der Waals surface area contributed by atoms with Gasteiger partial charge >= 0.3 is 36.3 Å². The quantitative estimate of drug-likeness (QED) is 0.172. The van der Waals surface area contributed by atoms with Crippen LogP contribution in [0.5, 0.6) is 17.2 Å². The molecule has 0 aliphatic rings. The minimum absolute atomic E-state index is 0.0285. The molecule has 4 nitrogen and oxygen atoms in total. The molecule has 45 heavy (non-hydrogen) atoms. The number of nitrogens with zero attached hydrogens (tertiary/aromatic N) is 1. The van der Waals surface area contributed by atoms with Gasteiger partial charge in [0.15, 0.2) is 11.9 Å². The molecular formula is C26H16F15NO3. The molecule has 1 atom stereocenters. The molecule has 0 aromatic heterocycles. The van der Waals surface area contributed by atoms with Crippen LogP contribution < -0.4 is 14.6 Å². The fourth-order valence-corrected chi connectivity index (χ4v) is 3.45. The highest BCUT2D eigenvalue weighted by molar-refractivity contribution is 5.51. The van der Waals surface area contributed by atoms with Crippen LogP contribution in [0.4, 0.5) is 71.5 Å². The summed E-state index contributed by atoms with van der Waals surface area (Å²) in [6.07, 6.45) is -21.3. The third kappa shape index (κ3) is 7.62. The van der Waals surface area contributed by atoms with Crippen molar-refractivity contribution >= 4 is 5.69 Å². The number of anilines is 1. The lowest BCUT2D eigenvalue weighted by Crippen LogP contribution is -2.50. The SMILES string of the molecule is OC(CN(Oc1cccc(C(F)(F)C(F)(F)C(F)(F)F)c1)c1cccc(Oc2cccc(C(F)(F)C(F)(F)F)c2)c1)C(F)(F)F. The lowest BCUT2D eigenvalue weighted by Gasteiger charge is -2.30. The number of alkyl halides is 15. The fourth-order valence-electron chi connectivity index (χ4n) is 3.45. The lowest BCUT2D eigenvalue weighted by molar-refractivity contribution is -0.359. The predicted molar refractivity (Wildman–Crippen MR) is 124 cm³/mol. The molecule has 0 amide bonds. The van der Waals surface area contributed by atoms with E-state index in [1.807, 2.05) is 0 Å². The second-order valence-electron chi connectivity index (χ2n) is 9.08. The third-order valence-electron chi connectivity index (χ3n) is 5.77. The molecule has 0 saturated carbocycles. The number of hydrogen-bond acceptors (Lipinski definition) is 4. The zero-order chi connectivity index (χ0) is 34.2. The number of hydrogen-bond donors (Lipinski definition) is 1. The first-order valence-electron chi connectivity index (χ1n) is 11.8. The van der Waals surface area contributed by atoms with Crippen LogP contribution >= 0.6 is 0 Å². The van der Waals surface area contributed by atoms with Gasteiger partial charge in [0.2, 0.25) is 0 Å². The standard InChI is InChI=1S/C26H16F15NO3/c27-21(28,24(34,35)26(39,40)41)14-4-2-9-19(11-14)45-42(13-20(43)23(31,32)33)16-6-3-8-18(12-16)44-17-7-1-5-15(10-17)22(29,30)25(36,37)38/h1-12,20,43H,13H2. The highest BCUT2D eigenvalue weighted by atomic mass is 19.4. The Balaban J connectivity index is 1.98. The maximum absolute atomic E-state index is 14.2. The Labute approximate surface area is 242 Å². The minimum atomic E-state index is -6.71. The first-order chi connectivity index (χ1) is 20.4. The van der Waals surface area contributed by atoms with Crippen molar-refractivity contribution < 1.29 is 80.5 Å². The van der Waals surface area contributed by atoms with Crippen molar-refractivity contribution in [1.29, 1.82) is 0 Å². The molecule has 0 aliphatic carbocycles. The van der Waals surface area contributed by atoms with Crippen molar-refractivity contribution in [3.8, 4) is 17.2 Å². The maximum atomic E-state index is 14.2. The Morgan fingerprint density at radius 1 is 0.578 bits per heavy atom. The van der Waals surface area contributed by atoms with Gasteiger partial charge in [0.1, 0.15) is 11.5 Å². The number of halogens is 15. The number of aliphatic hydroxyl groups is 1. The largest absolute Gasteiger partial charge is 0.460 e. The predicted octanol–water partition coefficient (Wildman–Crippen LogP) is 9.15. The highest BCUT2D eigenvalue weighted by Gasteiger charge is 2.73. The van der Waals surface area contributed by atoms with E-state index in [1.165, 1.54) is 0 Å². The molecule has 0 bridgehead atoms. The average Bonchev–Trinajstić information content (AvgIpc) is 2.91. The van der Waals surface area contributed by atoms with Crippen LogP contribution in [0.1, 0.15) is 11.1 Å². The monoisotopic (exact) mass is 675 g/mol. The summed E-state index contributed by atoms with van der Waals surface area (Å²) in [5.41, 5.74) is -4.02. The molecule has 0 radical (unpaired) electrons. The highest BCUT2D eigenvalue weighted by Crippen LogP contribution is 2.52. The van der Waals surface area contributed by atoms with E-state index in [2.05, 4.69) is 0 Å². The summed E-state index contributed by atoms with van der Waals surface area (Å²) in [6.45, 7) is -1.57. The first kappa shape index (κ1) is 35.4. The summed E-state index contributed by atoms with van der Waals surface area (Å²) in [4.78, 5) is 5.04. The lowest BCUT2D eigenvalue weighted by atomic mass is 10.0. The topological polar surface area (TPSA) is 41.9 Å². The summed E-state index contributed by atoms with van der Waals surface area (Å²) in [6, 6.07) is 7.58. The normalized spacial score (nSPS) is 14.2.